The molecule has 5 heteroatoms. The van der Waals surface area contributed by atoms with E-state index in [-0.39, 0.29) is 23.7 Å². The molecule has 0 radical (unpaired) electrons. The van der Waals surface area contributed by atoms with Crippen LogP contribution in [-0.2, 0) is 9.59 Å². The van der Waals surface area contributed by atoms with Crippen LogP contribution in [0.3, 0.4) is 0 Å². The molecule has 1 aromatic carbocycles. The second kappa shape index (κ2) is 6.05. The minimum absolute atomic E-state index is 0.0569. The number of amides is 2. The molecule has 1 atom stereocenters. The number of nitrogens with one attached hydrogen (secondary N) is 2. The predicted molar refractivity (Wildman–Crippen MR) is 79.4 cm³/mol. The van der Waals surface area contributed by atoms with Crippen molar-refractivity contribution < 1.29 is 9.59 Å². The Bertz CT molecular complexity index is 524. The number of hydrogen-bond acceptors (Lipinski definition) is 3. The van der Waals surface area contributed by atoms with Crippen LogP contribution in [0.25, 0.3) is 0 Å². The number of anilines is 2. The van der Waals surface area contributed by atoms with Crippen LogP contribution in [0.4, 0.5) is 11.4 Å². The van der Waals surface area contributed by atoms with Crippen molar-refractivity contribution >= 4 is 23.2 Å². The number of nitrogens with two attached hydrogens (primary N) is 1. The molecule has 0 spiro atoms. The van der Waals surface area contributed by atoms with Gasteiger partial charge in [0, 0.05) is 29.8 Å². The van der Waals surface area contributed by atoms with Gasteiger partial charge in [-0.1, -0.05) is 13.0 Å². The van der Waals surface area contributed by atoms with Crippen molar-refractivity contribution in [3.63, 3.8) is 0 Å². The number of carbonyl (C=O) groups is 2. The van der Waals surface area contributed by atoms with E-state index in [1.807, 2.05) is 19.1 Å². The highest BCUT2D eigenvalue weighted by Crippen LogP contribution is 2.30. The number of aryl methyl sites for hydroxylation is 1. The summed E-state index contributed by atoms with van der Waals surface area (Å²) in [7, 11) is 0. The molecule has 1 aliphatic carbocycles. The molecule has 0 aromatic heterocycles. The van der Waals surface area contributed by atoms with Crippen molar-refractivity contribution in [2.24, 2.45) is 17.6 Å². The van der Waals surface area contributed by atoms with E-state index in [1.54, 1.807) is 13.0 Å². The molecule has 20 heavy (non-hydrogen) atoms. The highest BCUT2D eigenvalue weighted by atomic mass is 16.2. The van der Waals surface area contributed by atoms with Crippen molar-refractivity contribution in [3.05, 3.63) is 23.8 Å². The molecule has 0 saturated heterocycles. The summed E-state index contributed by atoms with van der Waals surface area (Å²) in [4.78, 5) is 23.6. The van der Waals surface area contributed by atoms with E-state index in [0.717, 1.165) is 18.4 Å². The monoisotopic (exact) mass is 275 g/mol. The smallest absolute Gasteiger partial charge is 0.228 e. The van der Waals surface area contributed by atoms with Gasteiger partial charge < -0.3 is 16.4 Å². The molecule has 1 aromatic rings. The largest absolute Gasteiger partial charge is 0.330 e. The van der Waals surface area contributed by atoms with E-state index in [1.165, 1.54) is 0 Å². The maximum absolute atomic E-state index is 11.9. The standard InChI is InChI=1S/C15H21N3O2/c1-9-3-6-12(17-15(20)11-4-5-11)7-13(9)18-14(19)10(2)8-16/h3,6-7,10-11H,4-5,8,16H2,1-2H3,(H,17,20)(H,18,19). The first-order chi connectivity index (χ1) is 9.51. The lowest BCUT2D eigenvalue weighted by atomic mass is 10.1. The van der Waals surface area contributed by atoms with Gasteiger partial charge >= 0.3 is 0 Å². The molecule has 0 bridgehead atoms. The third-order valence-electron chi connectivity index (χ3n) is 3.51. The van der Waals surface area contributed by atoms with Gasteiger partial charge in [0.25, 0.3) is 0 Å². The van der Waals surface area contributed by atoms with Crippen LogP contribution >= 0.6 is 0 Å². The summed E-state index contributed by atoms with van der Waals surface area (Å²) >= 11 is 0. The van der Waals surface area contributed by atoms with Crippen LogP contribution in [0.5, 0.6) is 0 Å². The minimum Gasteiger partial charge on any atom is -0.330 e. The van der Waals surface area contributed by atoms with Crippen LogP contribution in [0.15, 0.2) is 18.2 Å². The van der Waals surface area contributed by atoms with Crippen molar-refractivity contribution in [1.82, 2.24) is 0 Å². The normalized spacial score (nSPS) is 15.6. The van der Waals surface area contributed by atoms with E-state index in [9.17, 15) is 9.59 Å². The number of benzene rings is 1. The van der Waals surface area contributed by atoms with Gasteiger partial charge in [-0.3, -0.25) is 9.59 Å². The summed E-state index contributed by atoms with van der Waals surface area (Å²) in [5.74, 6) is -0.131. The van der Waals surface area contributed by atoms with Crippen molar-refractivity contribution in [3.8, 4) is 0 Å². The summed E-state index contributed by atoms with van der Waals surface area (Å²) in [6.45, 7) is 4.00. The van der Waals surface area contributed by atoms with E-state index in [0.29, 0.717) is 17.9 Å². The van der Waals surface area contributed by atoms with Gasteiger partial charge in [-0.15, -0.1) is 0 Å². The zero-order chi connectivity index (χ0) is 14.7. The summed E-state index contributed by atoms with van der Waals surface area (Å²) in [5, 5.41) is 5.72. The zero-order valence-corrected chi connectivity index (χ0v) is 11.9. The third-order valence-corrected chi connectivity index (χ3v) is 3.51. The Hall–Kier alpha value is -1.88. The number of hydrogen-bond donors (Lipinski definition) is 3. The van der Waals surface area contributed by atoms with Crippen LogP contribution in [0.1, 0.15) is 25.3 Å². The van der Waals surface area contributed by atoms with Crippen LogP contribution in [0.2, 0.25) is 0 Å². The molecular weight excluding hydrogens is 254 g/mol. The van der Waals surface area contributed by atoms with Crippen LogP contribution in [0, 0.1) is 18.8 Å². The molecule has 0 heterocycles. The van der Waals surface area contributed by atoms with E-state index < -0.39 is 0 Å². The molecule has 5 nitrogen and oxygen atoms in total. The Labute approximate surface area is 118 Å². The molecule has 108 valence electrons. The average Bonchev–Trinajstić information content (AvgIpc) is 3.25. The molecule has 1 aliphatic rings. The quantitative estimate of drug-likeness (QED) is 0.767. The maximum atomic E-state index is 11.9. The van der Waals surface area contributed by atoms with Crippen molar-refractivity contribution in [1.29, 1.82) is 0 Å². The third kappa shape index (κ3) is 3.57. The Morgan fingerprint density at radius 3 is 2.65 bits per heavy atom. The number of carbonyl (C=O) groups excluding carboxylic acids is 2. The summed E-state index contributed by atoms with van der Waals surface area (Å²) < 4.78 is 0. The van der Waals surface area contributed by atoms with Crippen molar-refractivity contribution in [2.75, 3.05) is 17.2 Å². The van der Waals surface area contributed by atoms with Gasteiger partial charge in [0.15, 0.2) is 0 Å². The van der Waals surface area contributed by atoms with Gasteiger partial charge in [-0.05, 0) is 37.5 Å². The highest BCUT2D eigenvalue weighted by molar-refractivity contribution is 5.96. The first-order valence-corrected chi connectivity index (χ1v) is 6.93. The molecule has 2 rings (SSSR count). The molecular formula is C15H21N3O2. The lowest BCUT2D eigenvalue weighted by Crippen LogP contribution is -2.27. The second-order valence-electron chi connectivity index (χ2n) is 5.42. The molecule has 2 amide bonds. The number of rotatable bonds is 5. The van der Waals surface area contributed by atoms with Gasteiger partial charge in [0.05, 0.1) is 0 Å². The van der Waals surface area contributed by atoms with Crippen molar-refractivity contribution in [2.45, 2.75) is 26.7 Å². The average molecular weight is 275 g/mol. The van der Waals surface area contributed by atoms with E-state index >= 15 is 0 Å². The van der Waals surface area contributed by atoms with E-state index in [2.05, 4.69) is 10.6 Å². The summed E-state index contributed by atoms with van der Waals surface area (Å²) in [6.07, 6.45) is 1.94. The minimum atomic E-state index is -0.237. The molecule has 1 unspecified atom stereocenters. The summed E-state index contributed by atoms with van der Waals surface area (Å²) in [5.41, 5.74) is 7.86. The molecule has 1 fully saturated rings. The molecule has 1 saturated carbocycles. The zero-order valence-electron chi connectivity index (χ0n) is 11.9. The SMILES string of the molecule is Cc1ccc(NC(=O)C2CC2)cc1NC(=O)C(C)CN. The van der Waals surface area contributed by atoms with Gasteiger partial charge in [0.2, 0.25) is 11.8 Å². The fourth-order valence-corrected chi connectivity index (χ4v) is 1.79. The first-order valence-electron chi connectivity index (χ1n) is 6.93. The van der Waals surface area contributed by atoms with Gasteiger partial charge in [-0.2, -0.15) is 0 Å². The fraction of sp³-hybridized carbons (Fsp3) is 0.467. The Morgan fingerprint density at radius 1 is 1.35 bits per heavy atom. The van der Waals surface area contributed by atoms with Gasteiger partial charge in [0.1, 0.15) is 0 Å². The van der Waals surface area contributed by atoms with Crippen LogP contribution in [-0.4, -0.2) is 18.4 Å². The lowest BCUT2D eigenvalue weighted by Gasteiger charge is -2.14. The molecule has 4 N–H and O–H groups in total. The van der Waals surface area contributed by atoms with Gasteiger partial charge in [-0.25, -0.2) is 0 Å². The topological polar surface area (TPSA) is 84.2 Å². The fourth-order valence-electron chi connectivity index (χ4n) is 1.79. The highest BCUT2D eigenvalue weighted by Gasteiger charge is 2.29. The Balaban J connectivity index is 2.07. The first kappa shape index (κ1) is 14.5. The van der Waals surface area contributed by atoms with Crippen LogP contribution < -0.4 is 16.4 Å². The lowest BCUT2D eigenvalue weighted by molar-refractivity contribution is -0.119. The Kier molecular flexibility index (Phi) is 4.39. The maximum Gasteiger partial charge on any atom is 0.228 e. The Morgan fingerprint density at radius 2 is 2.05 bits per heavy atom. The molecule has 0 aliphatic heterocycles. The predicted octanol–water partition coefficient (Wildman–Crippen LogP) is 1.88. The second-order valence-corrected chi connectivity index (χ2v) is 5.42. The van der Waals surface area contributed by atoms with E-state index in [4.69, 9.17) is 5.73 Å². The summed E-state index contributed by atoms with van der Waals surface area (Å²) in [6, 6.07) is 5.51.